The van der Waals surface area contributed by atoms with Gasteiger partial charge in [0.05, 0.1) is 6.04 Å². The van der Waals surface area contributed by atoms with E-state index in [0.717, 1.165) is 23.3 Å². The Kier molecular flexibility index (Phi) is 4.69. The van der Waals surface area contributed by atoms with Gasteiger partial charge in [0.25, 0.3) is 0 Å². The molecule has 2 aromatic rings. The van der Waals surface area contributed by atoms with Crippen molar-refractivity contribution in [3.05, 3.63) is 23.9 Å². The van der Waals surface area contributed by atoms with E-state index in [0.29, 0.717) is 6.04 Å². The van der Waals surface area contributed by atoms with Crippen molar-refractivity contribution in [1.82, 2.24) is 25.2 Å². The molecule has 3 rings (SSSR count). The van der Waals surface area contributed by atoms with Crippen LogP contribution in [-0.4, -0.2) is 31.7 Å². The van der Waals surface area contributed by atoms with Crippen LogP contribution in [-0.2, 0) is 5.75 Å². The molecule has 0 amide bonds. The summed E-state index contributed by atoms with van der Waals surface area (Å²) in [6.45, 7) is 2.95. The lowest BCUT2D eigenvalue weighted by molar-refractivity contribution is 0.423. The third kappa shape index (κ3) is 3.53. The Hall–Kier alpha value is -1.63. The van der Waals surface area contributed by atoms with Gasteiger partial charge in [-0.2, -0.15) is 0 Å². The maximum Gasteiger partial charge on any atom is 0.209 e. The number of tetrazole rings is 1. The summed E-state index contributed by atoms with van der Waals surface area (Å²) in [5.74, 6) is 1.78. The van der Waals surface area contributed by atoms with Crippen molar-refractivity contribution < 1.29 is 0 Å². The summed E-state index contributed by atoms with van der Waals surface area (Å²) >= 11 is 1.69. The highest BCUT2D eigenvalue weighted by molar-refractivity contribution is 7.98. The van der Waals surface area contributed by atoms with Gasteiger partial charge in [-0.05, 0) is 47.9 Å². The number of hydrogen-bond donors (Lipinski definition) is 1. The van der Waals surface area contributed by atoms with Crippen molar-refractivity contribution in [1.29, 1.82) is 0 Å². The van der Waals surface area contributed by atoms with Crippen LogP contribution < -0.4 is 5.32 Å². The van der Waals surface area contributed by atoms with Crippen LogP contribution in [0.5, 0.6) is 0 Å². The van der Waals surface area contributed by atoms with E-state index in [1.165, 1.54) is 31.2 Å². The van der Waals surface area contributed by atoms with Crippen LogP contribution in [0, 0.1) is 0 Å². The Labute approximate surface area is 128 Å². The third-order valence-corrected chi connectivity index (χ3v) is 4.69. The normalized spacial score (nSPS) is 15.5. The van der Waals surface area contributed by atoms with Crippen molar-refractivity contribution in [3.63, 3.8) is 0 Å². The molecule has 1 saturated carbocycles. The predicted octanol–water partition coefficient (Wildman–Crippen LogP) is 2.91. The molecular formula is C14H20N6S. The highest BCUT2D eigenvalue weighted by atomic mass is 32.2. The fraction of sp³-hybridized carbons (Fsp3) is 0.571. The molecule has 1 aliphatic carbocycles. The van der Waals surface area contributed by atoms with Crippen LogP contribution in [0.4, 0.5) is 5.82 Å². The van der Waals surface area contributed by atoms with Gasteiger partial charge in [0.1, 0.15) is 5.82 Å². The summed E-state index contributed by atoms with van der Waals surface area (Å²) < 4.78 is 2.00. The highest BCUT2D eigenvalue weighted by Crippen LogP contribution is 2.32. The van der Waals surface area contributed by atoms with E-state index in [-0.39, 0.29) is 0 Å². The number of thioether (sulfide) groups is 1. The molecular weight excluding hydrogens is 284 g/mol. The first kappa shape index (κ1) is 14.3. The van der Waals surface area contributed by atoms with E-state index < -0.39 is 0 Å². The van der Waals surface area contributed by atoms with Gasteiger partial charge in [-0.15, -0.1) is 5.10 Å². The molecule has 112 valence electrons. The molecule has 0 aromatic carbocycles. The molecule has 0 spiro atoms. The van der Waals surface area contributed by atoms with Crippen molar-refractivity contribution >= 4 is 17.6 Å². The van der Waals surface area contributed by atoms with E-state index in [2.05, 4.69) is 38.8 Å². The van der Waals surface area contributed by atoms with Gasteiger partial charge in [-0.1, -0.05) is 24.6 Å². The molecule has 2 aromatic heterocycles. The largest absolute Gasteiger partial charge is 0.370 e. The van der Waals surface area contributed by atoms with Crippen molar-refractivity contribution in [3.8, 4) is 0 Å². The van der Waals surface area contributed by atoms with Crippen LogP contribution in [0.15, 0.2) is 23.5 Å². The molecule has 2 heterocycles. The summed E-state index contributed by atoms with van der Waals surface area (Å²) in [5, 5.41) is 16.3. The first-order valence-electron chi connectivity index (χ1n) is 7.46. The van der Waals surface area contributed by atoms with Gasteiger partial charge in [0.2, 0.25) is 5.16 Å². The van der Waals surface area contributed by atoms with Gasteiger partial charge in [0, 0.05) is 18.5 Å². The maximum absolute atomic E-state index is 4.29. The zero-order valence-corrected chi connectivity index (χ0v) is 13.0. The number of pyridine rings is 1. The van der Waals surface area contributed by atoms with Gasteiger partial charge in [-0.25, -0.2) is 9.67 Å². The summed E-state index contributed by atoms with van der Waals surface area (Å²) in [4.78, 5) is 4.29. The summed E-state index contributed by atoms with van der Waals surface area (Å²) in [7, 11) is 0. The van der Waals surface area contributed by atoms with Crippen molar-refractivity contribution in [2.45, 2.75) is 49.6 Å². The van der Waals surface area contributed by atoms with Gasteiger partial charge < -0.3 is 5.32 Å². The smallest absolute Gasteiger partial charge is 0.209 e. The second-order valence-corrected chi connectivity index (χ2v) is 6.16. The minimum Gasteiger partial charge on any atom is -0.370 e. The lowest BCUT2D eigenvalue weighted by atomic mass is 10.3. The summed E-state index contributed by atoms with van der Waals surface area (Å²) in [5.41, 5.74) is 1.23. The molecule has 1 N–H and O–H groups in total. The van der Waals surface area contributed by atoms with Crippen LogP contribution in [0.25, 0.3) is 0 Å². The van der Waals surface area contributed by atoms with Crippen LogP contribution >= 0.6 is 11.8 Å². The third-order valence-electron chi connectivity index (χ3n) is 3.68. The molecule has 0 saturated heterocycles. The fourth-order valence-corrected chi connectivity index (χ4v) is 3.54. The number of hydrogen-bond acceptors (Lipinski definition) is 6. The zero-order chi connectivity index (χ0) is 14.5. The SMILES string of the molecule is CCNc1cc(CSc2nnnn2C2CCCC2)ccn1. The predicted molar refractivity (Wildman–Crippen MR) is 83.3 cm³/mol. The van der Waals surface area contributed by atoms with E-state index >= 15 is 0 Å². The van der Waals surface area contributed by atoms with Crippen molar-refractivity contribution in [2.75, 3.05) is 11.9 Å². The van der Waals surface area contributed by atoms with Crippen LogP contribution in [0.3, 0.4) is 0 Å². The lowest BCUT2D eigenvalue weighted by Crippen LogP contribution is -2.08. The molecule has 1 aliphatic rings. The van der Waals surface area contributed by atoms with Crippen LogP contribution in [0.2, 0.25) is 0 Å². The Bertz CT molecular complexity index is 578. The first-order chi connectivity index (χ1) is 10.4. The molecule has 0 atom stereocenters. The Morgan fingerprint density at radius 1 is 1.38 bits per heavy atom. The molecule has 0 radical (unpaired) electrons. The summed E-state index contributed by atoms with van der Waals surface area (Å²) in [6.07, 6.45) is 6.79. The molecule has 0 aliphatic heterocycles. The average Bonchev–Trinajstić information content (AvgIpc) is 3.17. The van der Waals surface area contributed by atoms with Crippen LogP contribution in [0.1, 0.15) is 44.2 Å². The summed E-state index contributed by atoms with van der Waals surface area (Å²) in [6, 6.07) is 4.61. The van der Waals surface area contributed by atoms with E-state index in [4.69, 9.17) is 0 Å². The van der Waals surface area contributed by atoms with Gasteiger partial charge in [0.15, 0.2) is 0 Å². The lowest BCUT2D eigenvalue weighted by Gasteiger charge is -2.11. The van der Waals surface area contributed by atoms with E-state index in [9.17, 15) is 0 Å². The molecule has 7 heteroatoms. The fourth-order valence-electron chi connectivity index (χ4n) is 2.65. The Balaban J connectivity index is 1.65. The molecule has 1 fully saturated rings. The monoisotopic (exact) mass is 304 g/mol. The number of rotatable bonds is 6. The zero-order valence-electron chi connectivity index (χ0n) is 12.2. The second kappa shape index (κ2) is 6.89. The van der Waals surface area contributed by atoms with Gasteiger partial charge >= 0.3 is 0 Å². The van der Waals surface area contributed by atoms with E-state index in [1.807, 2.05) is 16.9 Å². The molecule has 0 unspecified atom stereocenters. The molecule has 6 nitrogen and oxygen atoms in total. The van der Waals surface area contributed by atoms with Crippen molar-refractivity contribution in [2.24, 2.45) is 0 Å². The van der Waals surface area contributed by atoms with Gasteiger partial charge in [-0.3, -0.25) is 0 Å². The topological polar surface area (TPSA) is 68.5 Å². The van der Waals surface area contributed by atoms with E-state index in [1.54, 1.807) is 11.8 Å². The minimum absolute atomic E-state index is 0.484. The average molecular weight is 304 g/mol. The highest BCUT2D eigenvalue weighted by Gasteiger charge is 2.21. The second-order valence-electron chi connectivity index (χ2n) is 5.21. The number of anilines is 1. The minimum atomic E-state index is 0.484. The molecule has 0 bridgehead atoms. The Morgan fingerprint density at radius 3 is 3.05 bits per heavy atom. The Morgan fingerprint density at radius 2 is 2.24 bits per heavy atom. The number of nitrogens with zero attached hydrogens (tertiary/aromatic N) is 5. The quantitative estimate of drug-likeness (QED) is 0.828. The maximum atomic E-state index is 4.29. The number of aromatic nitrogens is 5. The molecule has 21 heavy (non-hydrogen) atoms. The first-order valence-corrected chi connectivity index (χ1v) is 8.45. The number of nitrogens with one attached hydrogen (secondary N) is 1. The standard InChI is InChI=1S/C14H20N6S/c1-2-15-13-9-11(7-8-16-13)10-21-14-17-18-19-20(14)12-5-3-4-6-12/h7-9,12H,2-6,10H2,1H3,(H,15,16).